The van der Waals surface area contributed by atoms with Crippen LogP contribution in [0.5, 0.6) is 28.7 Å². The second kappa shape index (κ2) is 10.7. The zero-order valence-corrected chi connectivity index (χ0v) is 22.4. The van der Waals surface area contributed by atoms with Gasteiger partial charge in [-0.1, -0.05) is 12.1 Å². The summed E-state index contributed by atoms with van der Waals surface area (Å²) in [5.74, 6) is 0.476. The van der Waals surface area contributed by atoms with Gasteiger partial charge in [-0.25, -0.2) is 0 Å². The van der Waals surface area contributed by atoms with Gasteiger partial charge in [0.2, 0.25) is 11.5 Å². The zero-order valence-electron chi connectivity index (χ0n) is 22.4. The summed E-state index contributed by atoms with van der Waals surface area (Å²) in [5.41, 5.74) is 3.37. The molecule has 0 radical (unpaired) electrons. The molecule has 0 amide bonds. The number of nitro groups is 1. The summed E-state index contributed by atoms with van der Waals surface area (Å²) in [7, 11) is 5.93. The van der Waals surface area contributed by atoms with Gasteiger partial charge in [-0.05, 0) is 53.8 Å². The Kier molecular flexibility index (Phi) is 7.12. The number of rotatable bonds is 7. The Morgan fingerprint density at radius 1 is 0.875 bits per heavy atom. The number of ketones is 1. The van der Waals surface area contributed by atoms with Crippen LogP contribution in [0.3, 0.4) is 0 Å². The number of carbonyl (C=O) groups excluding carboxylic acids is 1. The molecule has 3 aromatic rings. The number of fused-ring (bicyclic) bond motifs is 1. The number of nitro benzene ring substituents is 1. The third-order valence-corrected chi connectivity index (χ3v) is 7.29. The number of nitrogens with one attached hydrogen (secondary N) is 2. The lowest BCUT2D eigenvalue weighted by Gasteiger charge is -2.30. The first-order valence-electron chi connectivity index (χ1n) is 12.5. The third-order valence-electron chi connectivity index (χ3n) is 7.29. The highest BCUT2D eigenvalue weighted by Crippen LogP contribution is 2.48. The lowest BCUT2D eigenvalue weighted by molar-refractivity contribution is -0.386. The average Bonchev–Trinajstić information content (AvgIpc) is 3.13. The monoisotopic (exact) mass is 547 g/mol. The van der Waals surface area contributed by atoms with Crippen molar-refractivity contribution in [3.63, 3.8) is 0 Å². The molecule has 40 heavy (non-hydrogen) atoms. The maximum Gasteiger partial charge on any atom is 0.315 e. The number of hydrogen-bond donors (Lipinski definition) is 3. The van der Waals surface area contributed by atoms with E-state index in [-0.39, 0.29) is 23.9 Å². The number of ether oxygens (including phenoxy) is 4. The molecule has 2 aliphatic rings. The van der Waals surface area contributed by atoms with E-state index in [1.54, 1.807) is 14.2 Å². The van der Waals surface area contributed by atoms with Crippen LogP contribution in [0.25, 0.3) is 0 Å². The van der Waals surface area contributed by atoms with Crippen LogP contribution in [0.15, 0.2) is 59.8 Å². The van der Waals surface area contributed by atoms with Crippen LogP contribution in [0.1, 0.15) is 35.9 Å². The second-order valence-electron chi connectivity index (χ2n) is 9.48. The van der Waals surface area contributed by atoms with Crippen molar-refractivity contribution < 1.29 is 33.8 Å². The maximum atomic E-state index is 13.9. The predicted octanol–water partition coefficient (Wildman–Crippen LogP) is 5.31. The number of benzene rings is 3. The molecule has 1 aliphatic carbocycles. The molecule has 0 saturated heterocycles. The van der Waals surface area contributed by atoms with Crippen LogP contribution in [-0.4, -0.2) is 44.3 Å². The molecule has 5 rings (SSSR count). The highest BCUT2D eigenvalue weighted by atomic mass is 16.6. The minimum atomic E-state index is -0.743. The summed E-state index contributed by atoms with van der Waals surface area (Å²) in [6.07, 6.45) is 0.661. The largest absolute Gasteiger partial charge is 0.500 e. The zero-order chi connectivity index (χ0) is 28.6. The van der Waals surface area contributed by atoms with Gasteiger partial charge in [0, 0.05) is 23.8 Å². The van der Waals surface area contributed by atoms with Crippen LogP contribution in [0.4, 0.5) is 17.1 Å². The first-order chi connectivity index (χ1) is 19.3. The topological polar surface area (TPSA) is 141 Å². The van der Waals surface area contributed by atoms with Crippen molar-refractivity contribution in [2.24, 2.45) is 0 Å². The number of methoxy groups -OCH3 is 4. The summed E-state index contributed by atoms with van der Waals surface area (Å²) < 4.78 is 21.8. The van der Waals surface area contributed by atoms with Gasteiger partial charge >= 0.3 is 5.69 Å². The minimum Gasteiger partial charge on any atom is -0.500 e. The molecular formula is C29H29N3O8. The summed E-state index contributed by atoms with van der Waals surface area (Å²) in [6, 6.07) is 13.2. The molecule has 0 bridgehead atoms. The van der Waals surface area contributed by atoms with Gasteiger partial charge in [-0.3, -0.25) is 14.9 Å². The van der Waals surface area contributed by atoms with Crippen LogP contribution >= 0.6 is 0 Å². The molecule has 0 spiro atoms. The highest BCUT2D eigenvalue weighted by molar-refractivity contribution is 6.01. The quantitative estimate of drug-likeness (QED) is 0.263. The average molecular weight is 548 g/mol. The van der Waals surface area contributed by atoms with E-state index in [0.29, 0.717) is 46.2 Å². The van der Waals surface area contributed by atoms with Crippen LogP contribution in [0, 0.1) is 10.1 Å². The van der Waals surface area contributed by atoms with Crippen LogP contribution in [-0.2, 0) is 4.79 Å². The standard InChI is InChI=1S/C29H29N3O8/c1-37-23-14-17(10-21(28(23)34)32(35)36)27-26-20(30-18-7-5-6-8-19(18)31-27)9-15(11-22(26)33)16-12-24(38-2)29(40-4)25(13-16)39-3/h5-8,10,12-15,27,30-31,34H,9,11H2,1-4H3/t15-,27+/m1/s1. The van der Waals surface area contributed by atoms with Gasteiger partial charge in [0.25, 0.3) is 0 Å². The Balaban J connectivity index is 1.65. The van der Waals surface area contributed by atoms with Crippen molar-refractivity contribution >= 4 is 22.8 Å². The number of nitrogens with zero attached hydrogens (tertiary/aromatic N) is 1. The Labute approximate surface area is 230 Å². The van der Waals surface area contributed by atoms with Gasteiger partial charge in [0.05, 0.1) is 50.8 Å². The Morgan fingerprint density at radius 2 is 1.50 bits per heavy atom. The molecule has 3 aromatic carbocycles. The van der Waals surface area contributed by atoms with E-state index in [1.807, 2.05) is 36.4 Å². The molecule has 3 N–H and O–H groups in total. The number of para-hydroxylation sites is 2. The van der Waals surface area contributed by atoms with Gasteiger partial charge in [0.1, 0.15) is 0 Å². The summed E-state index contributed by atoms with van der Waals surface area (Å²) >= 11 is 0. The molecule has 11 nitrogen and oxygen atoms in total. The Morgan fingerprint density at radius 3 is 2.10 bits per heavy atom. The van der Waals surface area contributed by atoms with E-state index in [4.69, 9.17) is 18.9 Å². The third kappa shape index (κ3) is 4.59. The van der Waals surface area contributed by atoms with E-state index in [1.165, 1.54) is 26.4 Å². The molecule has 0 saturated carbocycles. The molecule has 208 valence electrons. The first kappa shape index (κ1) is 26.7. The van der Waals surface area contributed by atoms with E-state index in [9.17, 15) is 20.0 Å². The van der Waals surface area contributed by atoms with Crippen molar-refractivity contribution in [2.75, 3.05) is 39.1 Å². The molecular weight excluding hydrogens is 518 g/mol. The van der Waals surface area contributed by atoms with E-state index < -0.39 is 22.4 Å². The molecule has 11 heteroatoms. The Hall–Kier alpha value is -4.93. The van der Waals surface area contributed by atoms with Gasteiger partial charge in [0.15, 0.2) is 23.0 Å². The number of aromatic hydroxyl groups is 1. The molecule has 0 unspecified atom stereocenters. The molecule has 2 atom stereocenters. The van der Waals surface area contributed by atoms with E-state index in [2.05, 4.69) is 10.6 Å². The van der Waals surface area contributed by atoms with Crippen LogP contribution < -0.4 is 29.6 Å². The fourth-order valence-corrected chi connectivity index (χ4v) is 5.39. The summed E-state index contributed by atoms with van der Waals surface area (Å²) in [4.78, 5) is 25.0. The molecule has 1 aliphatic heterocycles. The smallest absolute Gasteiger partial charge is 0.315 e. The summed E-state index contributed by atoms with van der Waals surface area (Å²) in [6.45, 7) is 0. The lowest BCUT2D eigenvalue weighted by Crippen LogP contribution is -2.27. The number of Topliss-reactive ketones (excluding diaryl/α,β-unsaturated/α-hetero) is 1. The SMILES string of the molecule is COc1cc([C@@H]2Nc3ccccc3NC3=C2C(=O)C[C@H](c2cc(OC)c(OC)c(OC)c2)C3)cc([N+](=O)[O-])c1O. The molecule has 0 aromatic heterocycles. The van der Waals surface area contributed by atoms with E-state index in [0.717, 1.165) is 11.3 Å². The fourth-order valence-electron chi connectivity index (χ4n) is 5.39. The number of hydrogen-bond acceptors (Lipinski definition) is 10. The van der Waals surface area contributed by atoms with Crippen molar-refractivity contribution in [1.29, 1.82) is 0 Å². The number of phenols is 1. The van der Waals surface area contributed by atoms with Crippen molar-refractivity contribution in [3.05, 3.63) is 81.0 Å². The van der Waals surface area contributed by atoms with Crippen molar-refractivity contribution in [1.82, 2.24) is 0 Å². The van der Waals surface area contributed by atoms with Crippen molar-refractivity contribution in [2.45, 2.75) is 24.8 Å². The van der Waals surface area contributed by atoms with Gasteiger partial charge < -0.3 is 34.7 Å². The maximum absolute atomic E-state index is 13.9. The molecule has 1 heterocycles. The normalized spacial score (nSPS) is 17.9. The van der Waals surface area contributed by atoms with E-state index >= 15 is 0 Å². The number of phenolic OH excluding ortho intramolecular Hbond substituents is 1. The second-order valence-corrected chi connectivity index (χ2v) is 9.48. The van der Waals surface area contributed by atoms with Crippen molar-refractivity contribution in [3.8, 4) is 28.7 Å². The van der Waals surface area contributed by atoms with Crippen LogP contribution in [0.2, 0.25) is 0 Å². The first-order valence-corrected chi connectivity index (χ1v) is 12.5. The Bertz CT molecular complexity index is 1510. The van der Waals surface area contributed by atoms with Gasteiger partial charge in [-0.2, -0.15) is 0 Å². The fraction of sp³-hybridized carbons (Fsp3) is 0.276. The lowest BCUT2D eigenvalue weighted by atomic mass is 9.78. The minimum absolute atomic E-state index is 0.0581. The number of anilines is 2. The molecule has 0 fully saturated rings. The summed E-state index contributed by atoms with van der Waals surface area (Å²) in [5, 5.41) is 28.9. The highest BCUT2D eigenvalue weighted by Gasteiger charge is 2.38. The number of carbonyl (C=O) groups is 1. The predicted molar refractivity (Wildman–Crippen MR) is 148 cm³/mol. The van der Waals surface area contributed by atoms with Gasteiger partial charge in [-0.15, -0.1) is 0 Å². The number of allylic oxidation sites excluding steroid dienone is 1.